The lowest BCUT2D eigenvalue weighted by Gasteiger charge is -2.44. The van der Waals surface area contributed by atoms with Crippen LogP contribution in [0.5, 0.6) is 0 Å². The van der Waals surface area contributed by atoms with Gasteiger partial charge in [0.1, 0.15) is 22.7 Å². The molecule has 0 radical (unpaired) electrons. The Morgan fingerprint density at radius 3 is 2.68 bits per heavy atom. The van der Waals surface area contributed by atoms with Crippen molar-refractivity contribution in [1.82, 2.24) is 14.9 Å². The third-order valence-electron chi connectivity index (χ3n) is 4.86. The number of hydrogen-bond donors (Lipinski definition) is 0. The molecule has 2 aliphatic heterocycles. The predicted octanol–water partition coefficient (Wildman–Crippen LogP) is 3.44. The Kier molecular flexibility index (Phi) is 4.79. The Labute approximate surface area is 152 Å². The van der Waals surface area contributed by atoms with Gasteiger partial charge in [-0.15, -0.1) is 0 Å². The summed E-state index contributed by atoms with van der Waals surface area (Å²) < 4.78 is 20.7. The minimum atomic E-state index is -1.17. The molecule has 0 aliphatic carbocycles. The fourth-order valence-electron chi connectivity index (χ4n) is 3.75. The van der Waals surface area contributed by atoms with Crippen LogP contribution in [0.3, 0.4) is 0 Å². The first-order valence-electron chi connectivity index (χ1n) is 8.53. The quantitative estimate of drug-likeness (QED) is 0.798. The molecule has 0 N–H and O–H groups in total. The number of piperidine rings is 1. The maximum atomic E-state index is 15.2. The number of aromatic nitrogens is 2. The van der Waals surface area contributed by atoms with Crippen molar-refractivity contribution < 1.29 is 13.9 Å². The Bertz CT molecular complexity index is 637. The molecule has 0 aromatic carbocycles. The number of amides is 1. The maximum absolute atomic E-state index is 15.2. The van der Waals surface area contributed by atoms with Gasteiger partial charge in [0.2, 0.25) is 0 Å². The summed E-state index contributed by atoms with van der Waals surface area (Å²) in [5, 5.41) is 0.300. The Balaban J connectivity index is 1.76. The first-order valence-corrected chi connectivity index (χ1v) is 8.91. The van der Waals surface area contributed by atoms with E-state index in [0.717, 1.165) is 6.42 Å². The second kappa shape index (κ2) is 6.59. The number of carbonyl (C=O) groups is 1. The molecule has 1 amide bonds. The molecule has 3 rings (SSSR count). The summed E-state index contributed by atoms with van der Waals surface area (Å²) in [6.07, 6.45) is 3.38. The smallest absolute Gasteiger partial charge is 0.410 e. The first-order chi connectivity index (χ1) is 11.7. The van der Waals surface area contributed by atoms with E-state index in [-0.39, 0.29) is 12.1 Å². The molecule has 6 nitrogen and oxygen atoms in total. The Hall–Kier alpha value is -1.63. The normalized spacial score (nSPS) is 28.8. The van der Waals surface area contributed by atoms with Crippen molar-refractivity contribution in [1.29, 1.82) is 0 Å². The number of ether oxygens (including phenoxy) is 1. The number of nitrogens with zero attached hydrogens (tertiary/aromatic N) is 4. The lowest BCUT2D eigenvalue weighted by Crippen LogP contribution is -2.59. The molecule has 0 saturated carbocycles. The molecule has 2 aliphatic rings. The zero-order chi connectivity index (χ0) is 18.4. The first kappa shape index (κ1) is 18.2. The minimum Gasteiger partial charge on any atom is -0.444 e. The van der Waals surface area contributed by atoms with E-state index >= 15 is 4.39 Å². The number of fused-ring (bicyclic) bond motifs is 2. The van der Waals surface area contributed by atoms with Gasteiger partial charge in [-0.3, -0.25) is 4.90 Å². The van der Waals surface area contributed by atoms with Crippen LogP contribution in [-0.2, 0) is 4.74 Å². The van der Waals surface area contributed by atoms with Crippen LogP contribution in [0.2, 0.25) is 5.15 Å². The van der Waals surface area contributed by atoms with Crippen LogP contribution in [0.15, 0.2) is 12.4 Å². The van der Waals surface area contributed by atoms with Crippen LogP contribution < -0.4 is 4.90 Å². The van der Waals surface area contributed by atoms with Crippen LogP contribution in [0.25, 0.3) is 0 Å². The van der Waals surface area contributed by atoms with Crippen LogP contribution >= 0.6 is 11.6 Å². The zero-order valence-corrected chi connectivity index (χ0v) is 15.7. The minimum absolute atomic E-state index is 0.0143. The highest BCUT2D eigenvalue weighted by molar-refractivity contribution is 6.29. The molecule has 2 fully saturated rings. The molecule has 1 aromatic rings. The molecule has 25 heavy (non-hydrogen) atoms. The predicted molar refractivity (Wildman–Crippen MR) is 93.6 cm³/mol. The number of rotatable bonds is 2. The van der Waals surface area contributed by atoms with Gasteiger partial charge < -0.3 is 9.64 Å². The summed E-state index contributed by atoms with van der Waals surface area (Å²) in [6, 6.07) is -0.826. The van der Waals surface area contributed by atoms with Crippen LogP contribution in [0.1, 0.15) is 40.0 Å². The van der Waals surface area contributed by atoms with Gasteiger partial charge in [-0.05, 0) is 40.0 Å². The van der Waals surface area contributed by atoms with Crippen LogP contribution in [0, 0.1) is 0 Å². The fourth-order valence-corrected chi connectivity index (χ4v) is 3.85. The summed E-state index contributed by atoms with van der Waals surface area (Å²) >= 11 is 5.77. The largest absolute Gasteiger partial charge is 0.444 e. The molecule has 2 saturated heterocycles. The number of alkyl halides is 1. The number of hydrogen-bond acceptors (Lipinski definition) is 5. The summed E-state index contributed by atoms with van der Waals surface area (Å²) in [4.78, 5) is 24.1. The molecule has 3 heterocycles. The lowest BCUT2D eigenvalue weighted by atomic mass is 9.94. The van der Waals surface area contributed by atoms with Gasteiger partial charge >= 0.3 is 6.09 Å². The molecular weight excluding hydrogens is 347 g/mol. The highest BCUT2D eigenvalue weighted by Gasteiger charge is 2.52. The topological polar surface area (TPSA) is 58.6 Å². The molecule has 4 atom stereocenters. The number of carbonyl (C=O) groups excluding carboxylic acids is 1. The van der Waals surface area contributed by atoms with Crippen molar-refractivity contribution in [2.75, 3.05) is 11.9 Å². The lowest BCUT2D eigenvalue weighted by molar-refractivity contribution is -0.0103. The van der Waals surface area contributed by atoms with E-state index < -0.39 is 23.9 Å². The summed E-state index contributed by atoms with van der Waals surface area (Å²) in [5.74, 6) is 0.571. The van der Waals surface area contributed by atoms with Crippen molar-refractivity contribution in [3.8, 4) is 0 Å². The Morgan fingerprint density at radius 2 is 2.08 bits per heavy atom. The molecular formula is C17H24ClFN4O2. The monoisotopic (exact) mass is 370 g/mol. The molecule has 2 unspecified atom stereocenters. The summed E-state index contributed by atoms with van der Waals surface area (Å²) in [7, 11) is 1.80. The van der Waals surface area contributed by atoms with Gasteiger partial charge in [0.25, 0.3) is 0 Å². The molecule has 2 bridgehead atoms. The van der Waals surface area contributed by atoms with E-state index in [9.17, 15) is 4.79 Å². The van der Waals surface area contributed by atoms with Crippen LogP contribution in [0.4, 0.5) is 15.0 Å². The van der Waals surface area contributed by atoms with Crippen LogP contribution in [-0.4, -0.2) is 57.9 Å². The second-order valence-electron chi connectivity index (χ2n) is 7.74. The number of halogens is 2. The van der Waals surface area contributed by atoms with Gasteiger partial charge in [0.05, 0.1) is 24.5 Å². The average Bonchev–Trinajstić information content (AvgIpc) is 2.87. The van der Waals surface area contributed by atoms with E-state index in [1.165, 1.54) is 12.4 Å². The molecule has 1 aromatic heterocycles. The van der Waals surface area contributed by atoms with Crippen molar-refractivity contribution >= 4 is 23.5 Å². The molecule has 138 valence electrons. The third-order valence-corrected chi connectivity index (χ3v) is 5.06. The van der Waals surface area contributed by atoms with E-state index in [1.54, 1.807) is 16.8 Å². The van der Waals surface area contributed by atoms with Gasteiger partial charge in [-0.2, -0.15) is 0 Å². The van der Waals surface area contributed by atoms with E-state index in [2.05, 4.69) is 9.97 Å². The van der Waals surface area contributed by atoms with Gasteiger partial charge in [0.15, 0.2) is 0 Å². The van der Waals surface area contributed by atoms with Crippen molar-refractivity contribution in [2.24, 2.45) is 0 Å². The highest BCUT2D eigenvalue weighted by atomic mass is 35.5. The highest BCUT2D eigenvalue weighted by Crippen LogP contribution is 2.40. The summed E-state index contributed by atoms with van der Waals surface area (Å²) in [6.45, 7) is 5.46. The fraction of sp³-hybridized carbons (Fsp3) is 0.706. The van der Waals surface area contributed by atoms with E-state index in [4.69, 9.17) is 16.3 Å². The van der Waals surface area contributed by atoms with Crippen molar-refractivity contribution in [2.45, 2.75) is 69.9 Å². The van der Waals surface area contributed by atoms with Crippen molar-refractivity contribution in [3.05, 3.63) is 17.5 Å². The summed E-state index contributed by atoms with van der Waals surface area (Å²) in [5.41, 5.74) is -0.588. The zero-order valence-electron chi connectivity index (χ0n) is 14.9. The second-order valence-corrected chi connectivity index (χ2v) is 8.13. The number of anilines is 1. The average molecular weight is 371 g/mol. The van der Waals surface area contributed by atoms with Gasteiger partial charge in [-0.25, -0.2) is 19.2 Å². The van der Waals surface area contributed by atoms with Crippen molar-refractivity contribution in [3.63, 3.8) is 0 Å². The Morgan fingerprint density at radius 1 is 1.36 bits per heavy atom. The standard InChI is InChI=1S/C17H24ClFN4O2/c1-17(2,3)25-16(24)23-10-5-6-11(23)15(19)12(7-10)22(4)14-9-20-13(18)8-21-14/h8-12,15H,5-7H2,1-4H3/t10?,11?,12-,15+/m0/s1. The molecule has 8 heteroatoms. The third kappa shape index (κ3) is 3.66. The van der Waals surface area contributed by atoms with Gasteiger partial charge in [0, 0.05) is 13.1 Å². The van der Waals surface area contributed by atoms with E-state index in [0.29, 0.717) is 23.8 Å². The van der Waals surface area contributed by atoms with E-state index in [1.807, 2.05) is 20.8 Å². The SMILES string of the molecule is CN(c1cnc(Cl)cn1)[C@H]1CC2CCC([C@H]1F)N2C(=O)OC(C)(C)C. The van der Waals surface area contributed by atoms with Gasteiger partial charge in [-0.1, -0.05) is 11.6 Å². The molecule has 0 spiro atoms. The maximum Gasteiger partial charge on any atom is 0.410 e.